The van der Waals surface area contributed by atoms with E-state index in [1.807, 2.05) is 0 Å². The molecule has 0 N–H and O–H groups in total. The Morgan fingerprint density at radius 2 is 2.13 bits per heavy atom. The summed E-state index contributed by atoms with van der Waals surface area (Å²) >= 11 is 0. The summed E-state index contributed by atoms with van der Waals surface area (Å²) in [5.41, 5.74) is 2.48. The number of hydrogen-bond donors (Lipinski definition) is 0. The maximum absolute atomic E-state index is 5.01. The first kappa shape index (κ1) is 9.16. The second-order valence-electron chi connectivity index (χ2n) is 4.70. The van der Waals surface area contributed by atoms with Crippen LogP contribution in [0.5, 0.6) is 0 Å². The van der Waals surface area contributed by atoms with Gasteiger partial charge in [-0.3, -0.25) is 4.90 Å². The Kier molecular flexibility index (Phi) is 2.13. The number of piperidine rings is 1. The van der Waals surface area contributed by atoms with Crippen molar-refractivity contribution in [1.29, 1.82) is 0 Å². The molecule has 0 amide bonds. The van der Waals surface area contributed by atoms with Crippen LogP contribution in [0, 0.1) is 0 Å². The van der Waals surface area contributed by atoms with Gasteiger partial charge in [0.25, 0.3) is 0 Å². The van der Waals surface area contributed by atoms with Crippen molar-refractivity contribution in [3.8, 4) is 0 Å². The average Bonchev–Trinajstić information content (AvgIpc) is 2.77. The predicted octanol–water partition coefficient (Wildman–Crippen LogP) is 2.36. The molecule has 80 valence electrons. The fraction of sp³-hybridized carbons (Fsp3) is 0.583. The van der Waals surface area contributed by atoms with Crippen LogP contribution in [0.2, 0.25) is 0 Å². The highest BCUT2D eigenvalue weighted by Gasteiger charge is 2.37. The quantitative estimate of drug-likeness (QED) is 0.692. The number of rotatable bonds is 2. The van der Waals surface area contributed by atoms with E-state index < -0.39 is 0 Å². The summed E-state index contributed by atoms with van der Waals surface area (Å²) in [6.07, 6.45) is 8.26. The lowest BCUT2D eigenvalue weighted by atomic mass is 9.98. The Morgan fingerprint density at radius 1 is 1.40 bits per heavy atom. The Labute approximate surface area is 89.8 Å². The molecule has 0 aromatic carbocycles. The molecule has 1 aromatic rings. The first-order chi connectivity index (χ1) is 7.33. The van der Waals surface area contributed by atoms with Gasteiger partial charge in [0.2, 0.25) is 0 Å². The third-order valence-corrected chi connectivity index (χ3v) is 3.65. The van der Waals surface area contributed by atoms with Crippen LogP contribution in [0.3, 0.4) is 0 Å². The molecule has 3 heteroatoms. The van der Waals surface area contributed by atoms with Gasteiger partial charge in [0.05, 0.1) is 5.69 Å². The first-order valence-corrected chi connectivity index (χ1v) is 5.62. The molecule has 0 saturated carbocycles. The zero-order chi connectivity index (χ0) is 10.3. The SMILES string of the molecule is C=C1CC2CCC(C1)N2Cc1cocn1. The van der Waals surface area contributed by atoms with Gasteiger partial charge in [-0.25, -0.2) is 4.98 Å². The molecular weight excluding hydrogens is 188 g/mol. The van der Waals surface area contributed by atoms with Crippen LogP contribution in [0.1, 0.15) is 31.4 Å². The van der Waals surface area contributed by atoms with Crippen molar-refractivity contribution < 1.29 is 4.42 Å². The molecule has 0 radical (unpaired) electrons. The molecule has 2 aliphatic rings. The van der Waals surface area contributed by atoms with E-state index in [4.69, 9.17) is 4.42 Å². The monoisotopic (exact) mass is 204 g/mol. The lowest BCUT2D eigenvalue weighted by molar-refractivity contribution is 0.155. The molecule has 2 aliphatic heterocycles. The van der Waals surface area contributed by atoms with Crippen LogP contribution in [0.4, 0.5) is 0 Å². The minimum atomic E-state index is 0.702. The number of hydrogen-bond acceptors (Lipinski definition) is 3. The van der Waals surface area contributed by atoms with Gasteiger partial charge >= 0.3 is 0 Å². The lowest BCUT2D eigenvalue weighted by Gasteiger charge is -2.35. The molecule has 3 heterocycles. The smallest absolute Gasteiger partial charge is 0.180 e. The fourth-order valence-electron chi connectivity index (χ4n) is 2.96. The van der Waals surface area contributed by atoms with Gasteiger partial charge in [0.1, 0.15) is 6.26 Å². The van der Waals surface area contributed by atoms with Gasteiger partial charge in [-0.05, 0) is 25.7 Å². The van der Waals surface area contributed by atoms with Gasteiger partial charge < -0.3 is 4.42 Å². The summed E-state index contributed by atoms with van der Waals surface area (Å²) in [5.74, 6) is 0. The predicted molar refractivity (Wildman–Crippen MR) is 57.2 cm³/mol. The summed E-state index contributed by atoms with van der Waals surface area (Å²) in [4.78, 5) is 6.77. The first-order valence-electron chi connectivity index (χ1n) is 5.62. The highest BCUT2D eigenvalue weighted by molar-refractivity contribution is 5.11. The molecule has 2 unspecified atom stereocenters. The Morgan fingerprint density at radius 3 is 2.73 bits per heavy atom. The minimum Gasteiger partial charge on any atom is -0.451 e. The van der Waals surface area contributed by atoms with E-state index in [-0.39, 0.29) is 0 Å². The Hall–Kier alpha value is -1.09. The van der Waals surface area contributed by atoms with E-state index in [1.165, 1.54) is 37.7 Å². The van der Waals surface area contributed by atoms with Crippen LogP contribution in [-0.4, -0.2) is 22.0 Å². The van der Waals surface area contributed by atoms with Crippen LogP contribution < -0.4 is 0 Å². The molecule has 0 spiro atoms. The number of oxazole rings is 1. The maximum atomic E-state index is 5.01. The molecule has 2 bridgehead atoms. The van der Waals surface area contributed by atoms with Crippen LogP contribution in [-0.2, 0) is 6.54 Å². The van der Waals surface area contributed by atoms with Crippen molar-refractivity contribution in [3.05, 3.63) is 30.5 Å². The van der Waals surface area contributed by atoms with E-state index in [0.717, 1.165) is 12.2 Å². The third-order valence-electron chi connectivity index (χ3n) is 3.65. The number of aromatic nitrogens is 1. The summed E-state index contributed by atoms with van der Waals surface area (Å²) in [6.45, 7) is 5.07. The Bertz CT molecular complexity index is 342. The highest BCUT2D eigenvalue weighted by Crippen LogP contribution is 2.38. The second kappa shape index (κ2) is 3.49. The van der Waals surface area contributed by atoms with Gasteiger partial charge in [-0.1, -0.05) is 12.2 Å². The molecule has 2 saturated heterocycles. The number of nitrogens with zero attached hydrogens (tertiary/aromatic N) is 2. The summed E-state index contributed by atoms with van der Waals surface area (Å²) in [6, 6.07) is 1.40. The van der Waals surface area contributed by atoms with E-state index in [0.29, 0.717) is 12.1 Å². The Balaban J connectivity index is 1.75. The molecule has 2 atom stereocenters. The molecule has 15 heavy (non-hydrogen) atoms. The second-order valence-corrected chi connectivity index (χ2v) is 4.70. The molecule has 0 aliphatic carbocycles. The van der Waals surface area contributed by atoms with E-state index >= 15 is 0 Å². The van der Waals surface area contributed by atoms with E-state index in [1.54, 1.807) is 6.26 Å². The molecular formula is C12H16N2O. The van der Waals surface area contributed by atoms with Crippen LogP contribution in [0.15, 0.2) is 29.2 Å². The van der Waals surface area contributed by atoms with Crippen LogP contribution in [0.25, 0.3) is 0 Å². The summed E-state index contributed by atoms with van der Waals surface area (Å²) in [7, 11) is 0. The van der Waals surface area contributed by atoms with Crippen LogP contribution >= 0.6 is 0 Å². The van der Waals surface area contributed by atoms with Crippen molar-refractivity contribution in [3.63, 3.8) is 0 Å². The highest BCUT2D eigenvalue weighted by atomic mass is 16.3. The summed E-state index contributed by atoms with van der Waals surface area (Å²) in [5, 5.41) is 0. The van der Waals surface area contributed by atoms with Crippen molar-refractivity contribution in [1.82, 2.24) is 9.88 Å². The zero-order valence-corrected chi connectivity index (χ0v) is 8.85. The van der Waals surface area contributed by atoms with Gasteiger partial charge in [0, 0.05) is 18.6 Å². The third kappa shape index (κ3) is 1.61. The van der Waals surface area contributed by atoms with Crippen molar-refractivity contribution in [2.75, 3.05) is 0 Å². The molecule has 3 nitrogen and oxygen atoms in total. The van der Waals surface area contributed by atoms with Crippen molar-refractivity contribution >= 4 is 0 Å². The largest absolute Gasteiger partial charge is 0.451 e. The standard InChI is InChI=1S/C12H16N2O/c1-9-4-11-2-3-12(5-9)14(11)6-10-7-15-8-13-10/h7-8,11-12H,1-6H2. The topological polar surface area (TPSA) is 29.3 Å². The molecule has 1 aromatic heterocycles. The molecule has 2 fully saturated rings. The zero-order valence-electron chi connectivity index (χ0n) is 8.85. The fourth-order valence-corrected chi connectivity index (χ4v) is 2.96. The van der Waals surface area contributed by atoms with Gasteiger partial charge in [-0.2, -0.15) is 0 Å². The average molecular weight is 204 g/mol. The van der Waals surface area contributed by atoms with Gasteiger partial charge in [0.15, 0.2) is 6.39 Å². The molecule has 3 rings (SSSR count). The number of fused-ring (bicyclic) bond motifs is 2. The minimum absolute atomic E-state index is 0.702. The van der Waals surface area contributed by atoms with E-state index in [9.17, 15) is 0 Å². The normalized spacial score (nSPS) is 31.1. The summed E-state index contributed by atoms with van der Waals surface area (Å²) < 4.78 is 5.01. The maximum Gasteiger partial charge on any atom is 0.180 e. The van der Waals surface area contributed by atoms with E-state index in [2.05, 4.69) is 16.5 Å². The van der Waals surface area contributed by atoms with Crippen molar-refractivity contribution in [2.45, 2.75) is 44.3 Å². The van der Waals surface area contributed by atoms with Crippen molar-refractivity contribution in [2.24, 2.45) is 0 Å². The van der Waals surface area contributed by atoms with Gasteiger partial charge in [-0.15, -0.1) is 0 Å². The lowest BCUT2D eigenvalue weighted by Crippen LogP contribution is -2.39.